The molecule has 0 aliphatic heterocycles. The van der Waals surface area contributed by atoms with Crippen LogP contribution in [0.25, 0.3) is 0 Å². The second-order valence-corrected chi connectivity index (χ2v) is 5.27. The summed E-state index contributed by atoms with van der Waals surface area (Å²) < 4.78 is 0. The summed E-state index contributed by atoms with van der Waals surface area (Å²) in [6.07, 6.45) is 0.630. The van der Waals surface area contributed by atoms with Gasteiger partial charge < -0.3 is 5.11 Å². The molecule has 0 saturated carbocycles. The Morgan fingerprint density at radius 3 is 2.00 bits per heavy atom. The molecule has 1 aromatic rings. The van der Waals surface area contributed by atoms with E-state index in [0.717, 1.165) is 0 Å². The van der Waals surface area contributed by atoms with E-state index in [-0.39, 0.29) is 11.8 Å². The lowest BCUT2D eigenvalue weighted by Gasteiger charge is -2.19. The van der Waals surface area contributed by atoms with Gasteiger partial charge in [0.05, 0.1) is 5.92 Å². The van der Waals surface area contributed by atoms with Gasteiger partial charge in [0.25, 0.3) is 0 Å². The zero-order valence-corrected chi connectivity index (χ0v) is 11.4. The van der Waals surface area contributed by atoms with Crippen molar-refractivity contribution in [3.8, 4) is 0 Å². The maximum atomic E-state index is 11.2. The minimum Gasteiger partial charge on any atom is -0.481 e. The molecule has 2 nitrogen and oxygen atoms in total. The normalized spacial score (nSPS) is 12.8. The van der Waals surface area contributed by atoms with Gasteiger partial charge in [-0.1, -0.05) is 31.5 Å². The molecule has 0 aliphatic carbocycles. The van der Waals surface area contributed by atoms with Crippen LogP contribution in [0.2, 0.25) is 0 Å². The van der Waals surface area contributed by atoms with Crippen molar-refractivity contribution >= 4 is 5.97 Å². The van der Waals surface area contributed by atoms with Crippen LogP contribution in [0.1, 0.15) is 36.1 Å². The lowest BCUT2D eigenvalue weighted by Crippen LogP contribution is -2.23. The first kappa shape index (κ1) is 13.8. The highest BCUT2D eigenvalue weighted by Crippen LogP contribution is 2.23. The van der Waals surface area contributed by atoms with Gasteiger partial charge >= 0.3 is 5.97 Å². The van der Waals surface area contributed by atoms with Gasteiger partial charge in [-0.05, 0) is 49.8 Å². The Bertz CT molecular complexity index is 396. The van der Waals surface area contributed by atoms with Crippen LogP contribution in [0, 0.1) is 32.6 Å². The van der Waals surface area contributed by atoms with Crippen molar-refractivity contribution in [1.82, 2.24) is 0 Å². The average Bonchev–Trinajstić information content (AvgIpc) is 2.14. The van der Waals surface area contributed by atoms with Crippen molar-refractivity contribution < 1.29 is 9.90 Å². The van der Waals surface area contributed by atoms with Gasteiger partial charge in [0.1, 0.15) is 0 Å². The SMILES string of the molecule is Cc1cc(C)c(CC(C(=O)O)C(C)C)c(C)c1. The van der Waals surface area contributed by atoms with Gasteiger partial charge in [-0.3, -0.25) is 4.79 Å². The Balaban J connectivity index is 3.05. The average molecular weight is 234 g/mol. The van der Waals surface area contributed by atoms with E-state index in [4.69, 9.17) is 0 Å². The van der Waals surface area contributed by atoms with Crippen LogP contribution in [0.5, 0.6) is 0 Å². The lowest BCUT2D eigenvalue weighted by atomic mass is 9.85. The molecule has 1 atom stereocenters. The number of carbonyl (C=O) groups is 1. The summed E-state index contributed by atoms with van der Waals surface area (Å²) in [5.74, 6) is -0.831. The van der Waals surface area contributed by atoms with Crippen LogP contribution in [0.15, 0.2) is 12.1 Å². The largest absolute Gasteiger partial charge is 0.481 e. The van der Waals surface area contributed by atoms with Crippen molar-refractivity contribution in [1.29, 1.82) is 0 Å². The topological polar surface area (TPSA) is 37.3 Å². The maximum absolute atomic E-state index is 11.2. The van der Waals surface area contributed by atoms with Gasteiger partial charge in [-0.2, -0.15) is 0 Å². The molecule has 1 aromatic carbocycles. The highest BCUT2D eigenvalue weighted by Gasteiger charge is 2.23. The molecule has 2 heteroatoms. The first-order valence-corrected chi connectivity index (χ1v) is 6.12. The van der Waals surface area contributed by atoms with Crippen molar-refractivity contribution in [2.75, 3.05) is 0 Å². The second kappa shape index (κ2) is 5.35. The highest BCUT2D eigenvalue weighted by molar-refractivity contribution is 5.71. The number of hydrogen-bond donors (Lipinski definition) is 1. The molecule has 0 aliphatic rings. The fraction of sp³-hybridized carbons (Fsp3) is 0.533. The molecule has 17 heavy (non-hydrogen) atoms. The molecule has 0 radical (unpaired) electrons. The molecule has 0 spiro atoms. The molecule has 0 aromatic heterocycles. The molecular weight excluding hydrogens is 212 g/mol. The molecular formula is C15H22O2. The van der Waals surface area contributed by atoms with E-state index in [1.165, 1.54) is 22.3 Å². The summed E-state index contributed by atoms with van der Waals surface area (Å²) >= 11 is 0. The molecule has 1 rings (SSSR count). The van der Waals surface area contributed by atoms with Crippen LogP contribution < -0.4 is 0 Å². The molecule has 0 bridgehead atoms. The lowest BCUT2D eigenvalue weighted by molar-refractivity contribution is -0.143. The highest BCUT2D eigenvalue weighted by atomic mass is 16.4. The number of hydrogen-bond acceptors (Lipinski definition) is 1. The van der Waals surface area contributed by atoms with Crippen LogP contribution in [0.4, 0.5) is 0 Å². The summed E-state index contributed by atoms with van der Waals surface area (Å²) in [5, 5.41) is 9.24. The van der Waals surface area contributed by atoms with Gasteiger partial charge in [0.2, 0.25) is 0 Å². The quantitative estimate of drug-likeness (QED) is 0.865. The predicted octanol–water partition coefficient (Wildman–Crippen LogP) is 3.51. The van der Waals surface area contributed by atoms with E-state index in [9.17, 15) is 9.90 Å². The third-order valence-corrected chi connectivity index (χ3v) is 3.39. The van der Waals surface area contributed by atoms with Crippen LogP contribution >= 0.6 is 0 Å². The minimum atomic E-state index is -0.695. The van der Waals surface area contributed by atoms with Gasteiger partial charge in [-0.25, -0.2) is 0 Å². The maximum Gasteiger partial charge on any atom is 0.307 e. The standard InChI is InChI=1S/C15H22O2/c1-9(2)13(15(16)17)8-14-11(4)6-10(3)7-12(14)5/h6-7,9,13H,8H2,1-5H3,(H,16,17). The number of carboxylic acids is 1. The molecule has 94 valence electrons. The zero-order chi connectivity index (χ0) is 13.2. The Morgan fingerprint density at radius 2 is 1.65 bits per heavy atom. The number of carboxylic acid groups (broad SMARTS) is 1. The smallest absolute Gasteiger partial charge is 0.307 e. The number of aliphatic carboxylic acids is 1. The molecule has 1 unspecified atom stereocenters. The number of aryl methyl sites for hydroxylation is 3. The van der Waals surface area contributed by atoms with Crippen LogP contribution in [-0.4, -0.2) is 11.1 Å². The van der Waals surface area contributed by atoms with Crippen molar-refractivity contribution in [2.24, 2.45) is 11.8 Å². The first-order valence-electron chi connectivity index (χ1n) is 6.12. The Labute approximate surface area is 104 Å². The van der Waals surface area contributed by atoms with E-state index in [1.807, 2.05) is 13.8 Å². The molecule has 0 heterocycles. The first-order chi connectivity index (χ1) is 7.82. The minimum absolute atomic E-state index is 0.160. The second-order valence-electron chi connectivity index (χ2n) is 5.27. The molecule has 0 saturated heterocycles. The van der Waals surface area contributed by atoms with Crippen LogP contribution in [-0.2, 0) is 11.2 Å². The van der Waals surface area contributed by atoms with Gasteiger partial charge in [-0.15, -0.1) is 0 Å². The fourth-order valence-electron chi connectivity index (χ4n) is 2.36. The van der Waals surface area contributed by atoms with Crippen molar-refractivity contribution in [2.45, 2.75) is 41.0 Å². The zero-order valence-electron chi connectivity index (χ0n) is 11.4. The molecule has 1 N–H and O–H groups in total. The Hall–Kier alpha value is -1.31. The summed E-state index contributed by atoms with van der Waals surface area (Å²) in [4.78, 5) is 11.2. The summed E-state index contributed by atoms with van der Waals surface area (Å²) in [6, 6.07) is 4.25. The monoisotopic (exact) mass is 234 g/mol. The van der Waals surface area contributed by atoms with E-state index in [0.29, 0.717) is 6.42 Å². The van der Waals surface area contributed by atoms with Gasteiger partial charge in [0, 0.05) is 0 Å². The van der Waals surface area contributed by atoms with E-state index in [2.05, 4.69) is 32.9 Å². The summed E-state index contributed by atoms with van der Waals surface area (Å²) in [5.41, 5.74) is 4.83. The molecule has 0 fully saturated rings. The van der Waals surface area contributed by atoms with Crippen LogP contribution in [0.3, 0.4) is 0 Å². The van der Waals surface area contributed by atoms with Crippen molar-refractivity contribution in [3.05, 3.63) is 34.4 Å². The third kappa shape index (κ3) is 3.32. The van der Waals surface area contributed by atoms with E-state index >= 15 is 0 Å². The third-order valence-electron chi connectivity index (χ3n) is 3.39. The number of benzene rings is 1. The van der Waals surface area contributed by atoms with E-state index < -0.39 is 5.97 Å². The van der Waals surface area contributed by atoms with E-state index in [1.54, 1.807) is 0 Å². The predicted molar refractivity (Wildman–Crippen MR) is 70.3 cm³/mol. The summed E-state index contributed by atoms with van der Waals surface area (Å²) in [7, 11) is 0. The summed E-state index contributed by atoms with van der Waals surface area (Å²) in [6.45, 7) is 10.1. The van der Waals surface area contributed by atoms with Crippen molar-refractivity contribution in [3.63, 3.8) is 0 Å². The molecule has 0 amide bonds. The Morgan fingerprint density at radius 1 is 1.18 bits per heavy atom. The Kier molecular flexibility index (Phi) is 4.33. The number of rotatable bonds is 4. The van der Waals surface area contributed by atoms with Gasteiger partial charge in [0.15, 0.2) is 0 Å². The fourth-order valence-corrected chi connectivity index (χ4v) is 2.36.